The molecule has 0 amide bonds. The molecule has 1 heterocycles. The van der Waals surface area contributed by atoms with Gasteiger partial charge in [0.25, 0.3) is 0 Å². The predicted octanol–water partition coefficient (Wildman–Crippen LogP) is 1.90. The third kappa shape index (κ3) is 5.14. The van der Waals surface area contributed by atoms with Crippen molar-refractivity contribution in [1.82, 2.24) is 4.90 Å². The number of hydrogen-bond donors (Lipinski definition) is 0. The predicted molar refractivity (Wildman–Crippen MR) is 83.8 cm³/mol. The number of benzene rings is 1. The van der Waals surface area contributed by atoms with Crippen LogP contribution in [0.3, 0.4) is 0 Å². The van der Waals surface area contributed by atoms with Crippen LogP contribution in [-0.4, -0.2) is 61.7 Å². The molecular weight excluding hydrogens is 264 g/mol. The molecule has 1 aromatic carbocycles. The minimum Gasteiger partial charge on any atom is -0.466 e. The van der Waals surface area contributed by atoms with Crippen molar-refractivity contribution in [2.24, 2.45) is 0 Å². The lowest BCUT2D eigenvalue weighted by Gasteiger charge is -2.42. The second-order valence-electron chi connectivity index (χ2n) is 6.11. The first-order valence-corrected chi connectivity index (χ1v) is 7.87. The molecule has 0 atom stereocenters. The summed E-state index contributed by atoms with van der Waals surface area (Å²) in [6.45, 7) is 8.63. The molecule has 1 aliphatic rings. The Bertz CT molecular complexity index is 439. The van der Waals surface area contributed by atoms with Gasteiger partial charge < -0.3 is 9.22 Å². The van der Waals surface area contributed by atoms with E-state index < -0.39 is 0 Å². The van der Waals surface area contributed by atoms with Gasteiger partial charge in [0.05, 0.1) is 33.2 Å². The van der Waals surface area contributed by atoms with Gasteiger partial charge in [-0.2, -0.15) is 0 Å². The van der Waals surface area contributed by atoms with Gasteiger partial charge in [-0.1, -0.05) is 30.3 Å². The van der Waals surface area contributed by atoms with E-state index in [1.54, 1.807) is 0 Å². The van der Waals surface area contributed by atoms with Crippen LogP contribution in [0, 0.1) is 0 Å². The van der Waals surface area contributed by atoms with Gasteiger partial charge in [-0.3, -0.25) is 9.69 Å². The maximum atomic E-state index is 11.4. The summed E-state index contributed by atoms with van der Waals surface area (Å²) in [4.78, 5) is 13.8. The Labute approximate surface area is 127 Å². The average Bonchev–Trinajstić information content (AvgIpc) is 2.48. The molecule has 0 bridgehead atoms. The molecule has 1 aromatic rings. The molecule has 4 nitrogen and oxygen atoms in total. The topological polar surface area (TPSA) is 29.5 Å². The summed E-state index contributed by atoms with van der Waals surface area (Å²) in [6, 6.07) is 10.7. The summed E-state index contributed by atoms with van der Waals surface area (Å²) in [5.41, 5.74) is 1.40. The van der Waals surface area contributed by atoms with Crippen LogP contribution in [0.1, 0.15) is 18.9 Å². The van der Waals surface area contributed by atoms with Crippen molar-refractivity contribution in [2.75, 3.05) is 46.4 Å². The lowest BCUT2D eigenvalue weighted by atomic mass is 10.1. The van der Waals surface area contributed by atoms with Gasteiger partial charge in [-0.25, -0.2) is 0 Å². The van der Waals surface area contributed by atoms with E-state index in [4.69, 9.17) is 4.74 Å². The maximum Gasteiger partial charge on any atom is 0.307 e. The fourth-order valence-electron chi connectivity index (χ4n) is 2.88. The second-order valence-corrected chi connectivity index (χ2v) is 6.11. The molecule has 0 saturated carbocycles. The highest BCUT2D eigenvalue weighted by Gasteiger charge is 2.28. The third-order valence-corrected chi connectivity index (χ3v) is 4.26. The van der Waals surface area contributed by atoms with E-state index in [-0.39, 0.29) is 5.97 Å². The quantitative estimate of drug-likeness (QED) is 0.592. The highest BCUT2D eigenvalue weighted by Crippen LogP contribution is 2.16. The number of esters is 1. The van der Waals surface area contributed by atoms with Gasteiger partial charge in [0, 0.05) is 25.2 Å². The van der Waals surface area contributed by atoms with E-state index in [9.17, 15) is 4.79 Å². The smallest absolute Gasteiger partial charge is 0.307 e. The number of hydrogen-bond acceptors (Lipinski definition) is 3. The Hall–Kier alpha value is -1.39. The van der Waals surface area contributed by atoms with Crippen molar-refractivity contribution in [3.8, 4) is 0 Å². The number of likely N-dealkylation sites (N-methyl/N-ethyl adjacent to an activating group) is 1. The van der Waals surface area contributed by atoms with E-state index in [0.717, 1.165) is 43.8 Å². The fraction of sp³-hybridized carbons (Fsp3) is 0.588. The first kappa shape index (κ1) is 16.0. The van der Waals surface area contributed by atoms with Crippen molar-refractivity contribution in [3.63, 3.8) is 0 Å². The summed E-state index contributed by atoms with van der Waals surface area (Å²) >= 11 is 0. The van der Waals surface area contributed by atoms with Crippen LogP contribution in [0.2, 0.25) is 0 Å². The molecule has 21 heavy (non-hydrogen) atoms. The van der Waals surface area contributed by atoms with Crippen molar-refractivity contribution in [1.29, 1.82) is 0 Å². The summed E-state index contributed by atoms with van der Waals surface area (Å²) in [5.74, 6) is -0.0791. The van der Waals surface area contributed by atoms with Crippen LogP contribution >= 0.6 is 0 Å². The van der Waals surface area contributed by atoms with Gasteiger partial charge in [0.2, 0.25) is 0 Å². The average molecular weight is 291 g/mol. The third-order valence-electron chi connectivity index (χ3n) is 4.26. The molecule has 1 saturated heterocycles. The zero-order chi connectivity index (χ0) is 15.1. The van der Waals surface area contributed by atoms with Crippen molar-refractivity contribution in [3.05, 3.63) is 35.9 Å². The largest absolute Gasteiger partial charge is 0.466 e. The SMILES string of the molecule is CCOC(=O)CCN1CC[N+](C)(Cc2ccccc2)CC1. The van der Waals surface area contributed by atoms with Gasteiger partial charge in [0.15, 0.2) is 0 Å². The molecule has 0 aromatic heterocycles. The molecule has 0 radical (unpaired) electrons. The lowest BCUT2D eigenvalue weighted by molar-refractivity contribution is -0.926. The number of ether oxygens (including phenoxy) is 1. The minimum atomic E-state index is -0.0791. The van der Waals surface area contributed by atoms with Crippen molar-refractivity contribution < 1.29 is 14.0 Å². The maximum absolute atomic E-state index is 11.4. The van der Waals surface area contributed by atoms with Crippen LogP contribution in [0.4, 0.5) is 0 Å². The van der Waals surface area contributed by atoms with Crippen molar-refractivity contribution >= 4 is 5.97 Å². The molecule has 1 aliphatic heterocycles. The van der Waals surface area contributed by atoms with Gasteiger partial charge in [-0.15, -0.1) is 0 Å². The Kier molecular flexibility index (Phi) is 5.76. The fourth-order valence-corrected chi connectivity index (χ4v) is 2.88. The van der Waals surface area contributed by atoms with Crippen LogP contribution in [-0.2, 0) is 16.1 Å². The molecule has 1 fully saturated rings. The number of quaternary nitrogens is 1. The zero-order valence-electron chi connectivity index (χ0n) is 13.3. The second kappa shape index (κ2) is 7.57. The molecule has 0 N–H and O–H groups in total. The van der Waals surface area contributed by atoms with Gasteiger partial charge >= 0.3 is 5.97 Å². The van der Waals surface area contributed by atoms with Gasteiger partial charge in [0.1, 0.15) is 6.54 Å². The van der Waals surface area contributed by atoms with E-state index in [1.807, 2.05) is 6.92 Å². The van der Waals surface area contributed by atoms with Crippen LogP contribution < -0.4 is 0 Å². The molecule has 116 valence electrons. The van der Waals surface area contributed by atoms with E-state index >= 15 is 0 Å². The monoisotopic (exact) mass is 291 g/mol. The summed E-state index contributed by atoms with van der Waals surface area (Å²) < 4.78 is 6.07. The number of carbonyl (C=O) groups is 1. The van der Waals surface area contributed by atoms with Crippen molar-refractivity contribution in [2.45, 2.75) is 19.9 Å². The number of nitrogens with zero attached hydrogens (tertiary/aromatic N) is 2. The van der Waals surface area contributed by atoms with E-state index in [2.05, 4.69) is 42.3 Å². The molecule has 2 rings (SSSR count). The first-order valence-electron chi connectivity index (χ1n) is 7.87. The summed E-state index contributed by atoms with van der Waals surface area (Å²) in [5, 5.41) is 0. The molecular formula is C17H27N2O2+. The standard InChI is InChI=1S/C17H27N2O2/c1-3-21-17(20)9-10-18-11-13-19(2,14-12-18)15-16-7-5-4-6-8-16/h4-8H,3,9-15H2,1-2H3/q+1. The Morgan fingerprint density at radius 1 is 1.24 bits per heavy atom. The Balaban J connectivity index is 1.75. The van der Waals surface area contributed by atoms with Crippen LogP contribution in [0.5, 0.6) is 0 Å². The number of rotatable bonds is 6. The van der Waals surface area contributed by atoms with E-state index in [0.29, 0.717) is 13.0 Å². The molecule has 4 heteroatoms. The Morgan fingerprint density at radius 2 is 1.90 bits per heavy atom. The lowest BCUT2D eigenvalue weighted by Crippen LogP contribution is -2.56. The number of carbonyl (C=O) groups excluding carboxylic acids is 1. The van der Waals surface area contributed by atoms with Crippen LogP contribution in [0.15, 0.2) is 30.3 Å². The number of piperazine rings is 1. The van der Waals surface area contributed by atoms with E-state index in [1.165, 1.54) is 5.56 Å². The highest BCUT2D eigenvalue weighted by molar-refractivity contribution is 5.69. The Morgan fingerprint density at radius 3 is 2.52 bits per heavy atom. The minimum absolute atomic E-state index is 0.0791. The molecule has 0 unspecified atom stereocenters. The zero-order valence-corrected chi connectivity index (χ0v) is 13.3. The normalized spacial score (nSPS) is 18.4. The summed E-state index contributed by atoms with van der Waals surface area (Å²) in [6.07, 6.45) is 0.510. The van der Waals surface area contributed by atoms with Crippen LogP contribution in [0.25, 0.3) is 0 Å². The molecule has 0 spiro atoms. The first-order chi connectivity index (χ1) is 10.1. The van der Waals surface area contributed by atoms with Gasteiger partial charge in [-0.05, 0) is 6.92 Å². The highest BCUT2D eigenvalue weighted by atomic mass is 16.5. The summed E-state index contributed by atoms with van der Waals surface area (Å²) in [7, 11) is 2.33. The molecule has 0 aliphatic carbocycles.